The van der Waals surface area contributed by atoms with Gasteiger partial charge in [0, 0.05) is 6.42 Å². The Morgan fingerprint density at radius 1 is 0.933 bits per heavy atom. The van der Waals surface area contributed by atoms with Gasteiger partial charge in [-0.3, -0.25) is 4.55 Å². The molecule has 4 nitrogen and oxygen atoms in total. The third kappa shape index (κ3) is 13.4. The summed E-state index contributed by atoms with van der Waals surface area (Å²) in [5.74, 6) is -0.124. The van der Waals surface area contributed by atoms with Crippen molar-refractivity contribution < 1.29 is 13.0 Å². The SMILES string of the molecule is N#CCCCCCCCCCS(=O)(=O)O. The van der Waals surface area contributed by atoms with Gasteiger partial charge in [0.25, 0.3) is 10.1 Å². The first-order valence-electron chi connectivity index (χ1n) is 5.38. The van der Waals surface area contributed by atoms with Gasteiger partial charge in [-0.2, -0.15) is 13.7 Å². The van der Waals surface area contributed by atoms with Crippen LogP contribution in [0.1, 0.15) is 51.4 Å². The summed E-state index contributed by atoms with van der Waals surface area (Å²) >= 11 is 0. The van der Waals surface area contributed by atoms with Crippen LogP contribution in [0.5, 0.6) is 0 Å². The smallest absolute Gasteiger partial charge is 0.264 e. The standard InChI is InChI=1S/C10H19NO3S/c11-9-7-5-3-1-2-4-6-8-10-15(12,13)14/h1-8,10H2,(H,12,13,14). The van der Waals surface area contributed by atoms with E-state index in [1.807, 2.05) is 0 Å². The van der Waals surface area contributed by atoms with Crippen molar-refractivity contribution in [2.75, 3.05) is 5.75 Å². The Hall–Kier alpha value is -0.600. The number of hydrogen-bond acceptors (Lipinski definition) is 3. The van der Waals surface area contributed by atoms with E-state index in [-0.39, 0.29) is 5.75 Å². The van der Waals surface area contributed by atoms with Crippen LogP contribution >= 0.6 is 0 Å². The van der Waals surface area contributed by atoms with Gasteiger partial charge >= 0.3 is 0 Å². The summed E-state index contributed by atoms with van der Waals surface area (Å²) in [6.45, 7) is 0. The number of hydrogen-bond donors (Lipinski definition) is 1. The fourth-order valence-electron chi connectivity index (χ4n) is 1.37. The van der Waals surface area contributed by atoms with Crippen molar-refractivity contribution >= 4 is 10.1 Å². The van der Waals surface area contributed by atoms with Gasteiger partial charge in [0.2, 0.25) is 0 Å². The quantitative estimate of drug-likeness (QED) is 0.490. The molecule has 0 aliphatic heterocycles. The highest BCUT2D eigenvalue weighted by Crippen LogP contribution is 2.08. The highest BCUT2D eigenvalue weighted by atomic mass is 32.2. The Morgan fingerprint density at radius 2 is 1.40 bits per heavy atom. The van der Waals surface area contributed by atoms with E-state index in [1.54, 1.807) is 0 Å². The maximum atomic E-state index is 10.4. The third-order valence-electron chi connectivity index (χ3n) is 2.19. The molecular formula is C10H19NO3S. The van der Waals surface area contributed by atoms with Crippen molar-refractivity contribution in [1.82, 2.24) is 0 Å². The van der Waals surface area contributed by atoms with Crippen LogP contribution in [0.25, 0.3) is 0 Å². The Bertz CT molecular complexity index is 280. The van der Waals surface area contributed by atoms with Gasteiger partial charge in [-0.1, -0.05) is 32.1 Å². The minimum atomic E-state index is -3.76. The van der Waals surface area contributed by atoms with Crippen molar-refractivity contribution in [3.8, 4) is 6.07 Å². The van der Waals surface area contributed by atoms with Gasteiger partial charge in [-0.25, -0.2) is 0 Å². The molecular weight excluding hydrogens is 214 g/mol. The lowest BCUT2D eigenvalue weighted by Crippen LogP contribution is -2.03. The Kier molecular flexibility index (Phi) is 8.34. The predicted molar refractivity (Wildman–Crippen MR) is 59.0 cm³/mol. The fraction of sp³-hybridized carbons (Fsp3) is 0.900. The Morgan fingerprint density at radius 3 is 1.87 bits per heavy atom. The van der Waals surface area contributed by atoms with Crippen LogP contribution in [0.15, 0.2) is 0 Å². The molecule has 15 heavy (non-hydrogen) atoms. The first-order chi connectivity index (χ1) is 7.06. The van der Waals surface area contributed by atoms with Crippen LogP contribution in [0.4, 0.5) is 0 Å². The molecule has 0 heterocycles. The minimum Gasteiger partial charge on any atom is -0.286 e. The molecule has 88 valence electrons. The molecule has 0 aromatic rings. The zero-order chi connectivity index (χ0) is 11.6. The predicted octanol–water partition coefficient (Wildman–Crippen LogP) is 2.52. The normalized spacial score (nSPS) is 11.2. The molecule has 0 unspecified atom stereocenters. The first kappa shape index (κ1) is 14.4. The number of unbranched alkanes of at least 4 members (excludes halogenated alkanes) is 7. The monoisotopic (exact) mass is 233 g/mol. The lowest BCUT2D eigenvalue weighted by Gasteiger charge is -1.99. The maximum absolute atomic E-state index is 10.4. The van der Waals surface area contributed by atoms with Crippen LogP contribution in [0, 0.1) is 11.3 Å². The molecule has 0 saturated carbocycles. The molecule has 0 bridgehead atoms. The van der Waals surface area contributed by atoms with E-state index in [0.29, 0.717) is 12.8 Å². The second-order valence-corrected chi connectivity index (χ2v) is 5.24. The van der Waals surface area contributed by atoms with Gasteiger partial charge in [0.05, 0.1) is 11.8 Å². The largest absolute Gasteiger partial charge is 0.286 e. The van der Waals surface area contributed by atoms with Gasteiger partial charge in [0.1, 0.15) is 0 Å². The summed E-state index contributed by atoms with van der Waals surface area (Å²) in [7, 11) is -3.76. The van der Waals surface area contributed by atoms with Gasteiger partial charge in [0.15, 0.2) is 0 Å². The minimum absolute atomic E-state index is 0.124. The summed E-state index contributed by atoms with van der Waals surface area (Å²) < 4.78 is 29.2. The summed E-state index contributed by atoms with van der Waals surface area (Å²) in [4.78, 5) is 0. The molecule has 0 atom stereocenters. The summed E-state index contributed by atoms with van der Waals surface area (Å²) in [5, 5.41) is 8.28. The summed E-state index contributed by atoms with van der Waals surface area (Å²) in [5.41, 5.74) is 0. The van der Waals surface area contributed by atoms with Gasteiger partial charge in [-0.15, -0.1) is 0 Å². The van der Waals surface area contributed by atoms with Crippen LogP contribution in [0.3, 0.4) is 0 Å². The van der Waals surface area contributed by atoms with Crippen molar-refractivity contribution in [3.05, 3.63) is 0 Å². The van der Waals surface area contributed by atoms with Crippen molar-refractivity contribution in [2.24, 2.45) is 0 Å². The third-order valence-corrected chi connectivity index (χ3v) is 3.00. The van der Waals surface area contributed by atoms with E-state index < -0.39 is 10.1 Å². The van der Waals surface area contributed by atoms with E-state index in [0.717, 1.165) is 38.5 Å². The van der Waals surface area contributed by atoms with Crippen LogP contribution in [0.2, 0.25) is 0 Å². The molecule has 0 radical (unpaired) electrons. The van der Waals surface area contributed by atoms with Gasteiger partial charge < -0.3 is 0 Å². The summed E-state index contributed by atoms with van der Waals surface area (Å²) in [6.07, 6.45) is 7.23. The van der Waals surface area contributed by atoms with Crippen molar-refractivity contribution in [1.29, 1.82) is 5.26 Å². The molecule has 0 fully saturated rings. The second kappa shape index (κ2) is 8.69. The molecule has 0 aromatic heterocycles. The highest BCUT2D eigenvalue weighted by Gasteiger charge is 2.02. The van der Waals surface area contributed by atoms with Crippen LogP contribution in [-0.4, -0.2) is 18.7 Å². The molecule has 0 rings (SSSR count). The molecule has 0 spiro atoms. The summed E-state index contributed by atoms with van der Waals surface area (Å²) in [6, 6.07) is 2.10. The average Bonchev–Trinajstić information content (AvgIpc) is 2.14. The van der Waals surface area contributed by atoms with E-state index in [2.05, 4.69) is 6.07 Å². The van der Waals surface area contributed by atoms with Crippen LogP contribution in [-0.2, 0) is 10.1 Å². The van der Waals surface area contributed by atoms with Crippen molar-refractivity contribution in [2.45, 2.75) is 51.4 Å². The number of nitriles is 1. The van der Waals surface area contributed by atoms with Crippen LogP contribution < -0.4 is 0 Å². The molecule has 0 aliphatic rings. The molecule has 5 heteroatoms. The average molecular weight is 233 g/mol. The van der Waals surface area contributed by atoms with E-state index >= 15 is 0 Å². The fourth-order valence-corrected chi connectivity index (χ4v) is 1.94. The van der Waals surface area contributed by atoms with E-state index in [4.69, 9.17) is 9.81 Å². The maximum Gasteiger partial charge on any atom is 0.264 e. The first-order valence-corrected chi connectivity index (χ1v) is 6.99. The number of nitrogens with zero attached hydrogens (tertiary/aromatic N) is 1. The molecule has 0 aromatic carbocycles. The van der Waals surface area contributed by atoms with Crippen molar-refractivity contribution in [3.63, 3.8) is 0 Å². The van der Waals surface area contributed by atoms with E-state index in [9.17, 15) is 8.42 Å². The molecule has 1 N–H and O–H groups in total. The zero-order valence-corrected chi connectivity index (χ0v) is 9.80. The lowest BCUT2D eigenvalue weighted by atomic mass is 10.1. The molecule has 0 saturated heterocycles. The molecule has 0 amide bonds. The number of rotatable bonds is 9. The Labute approximate surface area is 92.0 Å². The highest BCUT2D eigenvalue weighted by molar-refractivity contribution is 7.85. The lowest BCUT2D eigenvalue weighted by molar-refractivity contribution is 0.478. The van der Waals surface area contributed by atoms with E-state index in [1.165, 1.54) is 0 Å². The van der Waals surface area contributed by atoms with Gasteiger partial charge in [-0.05, 0) is 12.8 Å². The Balaban J connectivity index is 3.10. The second-order valence-electron chi connectivity index (χ2n) is 3.67. The topological polar surface area (TPSA) is 78.2 Å². The molecule has 0 aliphatic carbocycles. The zero-order valence-electron chi connectivity index (χ0n) is 8.98.